The number of amides is 1. The Kier molecular flexibility index (Phi) is 5.45. The van der Waals surface area contributed by atoms with E-state index in [2.05, 4.69) is 32.7 Å². The fourth-order valence-corrected chi connectivity index (χ4v) is 5.30. The maximum Gasteiger partial charge on any atom is 0.233 e. The summed E-state index contributed by atoms with van der Waals surface area (Å²) in [6, 6.07) is 0.369. The van der Waals surface area contributed by atoms with E-state index in [9.17, 15) is 4.79 Å². The average molecular weight is 364 g/mol. The van der Waals surface area contributed by atoms with Crippen molar-refractivity contribution >= 4 is 39.2 Å². The second kappa shape index (κ2) is 7.40. The maximum atomic E-state index is 12.6. The number of rotatable bonds is 4. The average Bonchev–Trinajstić information content (AvgIpc) is 2.87. The lowest BCUT2D eigenvalue weighted by Gasteiger charge is -2.33. The van der Waals surface area contributed by atoms with Crippen LogP contribution >= 0.6 is 23.1 Å². The van der Waals surface area contributed by atoms with E-state index in [0.29, 0.717) is 11.8 Å². The zero-order chi connectivity index (χ0) is 17.3. The molecule has 24 heavy (non-hydrogen) atoms. The molecule has 1 atom stereocenters. The predicted molar refractivity (Wildman–Crippen MR) is 102 cm³/mol. The van der Waals surface area contributed by atoms with E-state index >= 15 is 0 Å². The van der Waals surface area contributed by atoms with E-state index in [1.165, 1.54) is 16.9 Å². The van der Waals surface area contributed by atoms with E-state index < -0.39 is 0 Å². The van der Waals surface area contributed by atoms with Gasteiger partial charge in [0.25, 0.3) is 0 Å². The van der Waals surface area contributed by atoms with E-state index in [1.807, 2.05) is 4.90 Å². The van der Waals surface area contributed by atoms with Crippen LogP contribution in [0.1, 0.15) is 49.4 Å². The number of hydrogen-bond donors (Lipinski definition) is 0. The lowest BCUT2D eigenvalue weighted by atomic mass is 10.0. The highest BCUT2D eigenvalue weighted by Gasteiger charge is 2.24. The Morgan fingerprint density at radius 3 is 2.83 bits per heavy atom. The van der Waals surface area contributed by atoms with Gasteiger partial charge >= 0.3 is 0 Å². The van der Waals surface area contributed by atoms with Crippen LogP contribution in [-0.4, -0.2) is 39.1 Å². The molecule has 0 saturated carbocycles. The number of thioether (sulfide) groups is 1. The number of carbonyl (C=O) groups is 1. The van der Waals surface area contributed by atoms with Gasteiger partial charge in [-0.15, -0.1) is 11.3 Å². The minimum Gasteiger partial charge on any atom is -0.339 e. The highest BCUT2D eigenvalue weighted by Crippen LogP contribution is 2.35. The molecule has 6 heteroatoms. The molecular formula is C18H25N3OS2. The summed E-state index contributed by atoms with van der Waals surface area (Å²) in [5.41, 5.74) is 1.25. The number of aromatic nitrogens is 2. The number of likely N-dealkylation sites (tertiary alicyclic amines) is 1. The Morgan fingerprint density at radius 1 is 1.33 bits per heavy atom. The molecule has 2 aromatic rings. The molecule has 0 unspecified atom stereocenters. The minimum absolute atomic E-state index is 0.238. The van der Waals surface area contributed by atoms with Gasteiger partial charge in [0.2, 0.25) is 5.91 Å². The number of thiophene rings is 1. The van der Waals surface area contributed by atoms with Crippen LogP contribution in [0.25, 0.3) is 10.2 Å². The number of aryl methyl sites for hydroxylation is 3. The first-order valence-electron chi connectivity index (χ1n) is 8.70. The van der Waals surface area contributed by atoms with Crippen molar-refractivity contribution in [2.75, 3.05) is 12.3 Å². The Morgan fingerprint density at radius 2 is 2.12 bits per heavy atom. The monoisotopic (exact) mass is 363 g/mol. The molecule has 1 amide bonds. The number of piperidine rings is 1. The topological polar surface area (TPSA) is 46.1 Å². The van der Waals surface area contributed by atoms with Crippen LogP contribution in [-0.2, 0) is 11.2 Å². The smallest absolute Gasteiger partial charge is 0.233 e. The highest BCUT2D eigenvalue weighted by atomic mass is 32.2. The second-order valence-corrected chi connectivity index (χ2v) is 8.65. The summed E-state index contributed by atoms with van der Waals surface area (Å²) in [6.45, 7) is 9.39. The van der Waals surface area contributed by atoms with Crippen molar-refractivity contribution in [3.63, 3.8) is 0 Å². The van der Waals surface area contributed by atoms with Gasteiger partial charge in [-0.1, -0.05) is 18.7 Å². The van der Waals surface area contributed by atoms with Crippen molar-refractivity contribution < 1.29 is 4.79 Å². The van der Waals surface area contributed by atoms with Crippen LogP contribution in [0.15, 0.2) is 5.03 Å². The van der Waals surface area contributed by atoms with Gasteiger partial charge in [0, 0.05) is 29.3 Å². The number of carbonyl (C=O) groups excluding carboxylic acids is 1. The van der Waals surface area contributed by atoms with Gasteiger partial charge in [0.15, 0.2) is 0 Å². The number of fused-ring (bicyclic) bond motifs is 1. The van der Waals surface area contributed by atoms with Crippen molar-refractivity contribution in [1.29, 1.82) is 0 Å². The minimum atomic E-state index is 0.238. The molecule has 3 rings (SSSR count). The van der Waals surface area contributed by atoms with Gasteiger partial charge in [-0.05, 0) is 45.6 Å². The molecule has 3 heterocycles. The summed E-state index contributed by atoms with van der Waals surface area (Å²) < 4.78 is 0. The van der Waals surface area contributed by atoms with Gasteiger partial charge < -0.3 is 4.90 Å². The van der Waals surface area contributed by atoms with Gasteiger partial charge in [0.1, 0.15) is 15.7 Å². The molecule has 2 aromatic heterocycles. The van der Waals surface area contributed by atoms with Crippen molar-refractivity contribution in [1.82, 2.24) is 14.9 Å². The molecule has 0 aromatic carbocycles. The fourth-order valence-electron chi connectivity index (χ4n) is 3.20. The van der Waals surface area contributed by atoms with Crippen molar-refractivity contribution in [2.24, 2.45) is 0 Å². The Bertz CT molecular complexity index is 756. The van der Waals surface area contributed by atoms with Gasteiger partial charge in [-0.3, -0.25) is 4.79 Å². The quantitative estimate of drug-likeness (QED) is 0.598. The summed E-state index contributed by atoms with van der Waals surface area (Å²) in [5, 5.41) is 2.11. The first kappa shape index (κ1) is 17.7. The van der Waals surface area contributed by atoms with E-state index in [4.69, 9.17) is 4.98 Å². The normalized spacial score (nSPS) is 18.3. The largest absolute Gasteiger partial charge is 0.339 e. The predicted octanol–water partition coefficient (Wildman–Crippen LogP) is 4.36. The van der Waals surface area contributed by atoms with Gasteiger partial charge in [0.05, 0.1) is 5.75 Å². The Balaban J connectivity index is 1.82. The SMILES string of the molecule is CCc1nc(SCC(=O)N2CCCC[C@@H]2C)c2c(C)c(C)sc2n1. The third-order valence-electron chi connectivity index (χ3n) is 4.81. The molecule has 0 spiro atoms. The standard InChI is InChI=1S/C18H25N3OS2/c1-5-14-19-17(16-12(3)13(4)24-18(16)20-14)23-10-15(22)21-9-7-6-8-11(21)2/h11H,5-10H2,1-4H3/t11-/m0/s1. The third kappa shape index (κ3) is 3.45. The van der Waals surface area contributed by atoms with E-state index in [1.54, 1.807) is 23.1 Å². The van der Waals surface area contributed by atoms with Crippen LogP contribution in [0.5, 0.6) is 0 Å². The number of nitrogens with zero attached hydrogens (tertiary/aromatic N) is 3. The van der Waals surface area contributed by atoms with E-state index in [0.717, 1.165) is 46.9 Å². The van der Waals surface area contributed by atoms with Crippen LogP contribution in [0.4, 0.5) is 0 Å². The molecule has 1 aliphatic heterocycles. The van der Waals surface area contributed by atoms with Crippen LogP contribution < -0.4 is 0 Å². The van der Waals surface area contributed by atoms with Gasteiger partial charge in [-0.25, -0.2) is 9.97 Å². The second-order valence-electron chi connectivity index (χ2n) is 6.48. The van der Waals surface area contributed by atoms with Crippen LogP contribution in [0.3, 0.4) is 0 Å². The molecule has 0 bridgehead atoms. The van der Waals surface area contributed by atoms with Crippen molar-refractivity contribution in [3.8, 4) is 0 Å². The first-order chi connectivity index (χ1) is 11.5. The molecule has 1 aliphatic rings. The fraction of sp³-hybridized carbons (Fsp3) is 0.611. The third-order valence-corrected chi connectivity index (χ3v) is 6.87. The lowest BCUT2D eigenvalue weighted by molar-refractivity contribution is -0.131. The molecule has 0 radical (unpaired) electrons. The van der Waals surface area contributed by atoms with Gasteiger partial charge in [-0.2, -0.15) is 0 Å². The van der Waals surface area contributed by atoms with Crippen LogP contribution in [0, 0.1) is 13.8 Å². The zero-order valence-electron chi connectivity index (χ0n) is 14.9. The zero-order valence-corrected chi connectivity index (χ0v) is 16.5. The summed E-state index contributed by atoms with van der Waals surface area (Å²) in [6.07, 6.45) is 4.30. The molecule has 1 fully saturated rings. The molecule has 0 N–H and O–H groups in total. The van der Waals surface area contributed by atoms with E-state index in [-0.39, 0.29) is 5.91 Å². The molecular weight excluding hydrogens is 338 g/mol. The van der Waals surface area contributed by atoms with Crippen molar-refractivity contribution in [3.05, 3.63) is 16.3 Å². The summed E-state index contributed by atoms with van der Waals surface area (Å²) in [4.78, 5) is 26.4. The highest BCUT2D eigenvalue weighted by molar-refractivity contribution is 8.00. The molecule has 4 nitrogen and oxygen atoms in total. The summed E-state index contributed by atoms with van der Waals surface area (Å²) in [5.74, 6) is 1.57. The molecule has 1 saturated heterocycles. The molecule has 0 aliphatic carbocycles. The van der Waals surface area contributed by atoms with Crippen LogP contribution in [0.2, 0.25) is 0 Å². The summed E-state index contributed by atoms with van der Waals surface area (Å²) >= 11 is 3.30. The summed E-state index contributed by atoms with van der Waals surface area (Å²) in [7, 11) is 0. The Hall–Kier alpha value is -1.14. The first-order valence-corrected chi connectivity index (χ1v) is 10.5. The Labute approximate surface area is 152 Å². The molecule has 130 valence electrons. The maximum absolute atomic E-state index is 12.6. The lowest BCUT2D eigenvalue weighted by Crippen LogP contribution is -2.42. The number of hydrogen-bond acceptors (Lipinski definition) is 5. The van der Waals surface area contributed by atoms with Crippen molar-refractivity contribution in [2.45, 2.75) is 64.4 Å².